The van der Waals surface area contributed by atoms with Crippen LogP contribution in [0.3, 0.4) is 0 Å². The molecule has 2 rings (SSSR count). The van der Waals surface area contributed by atoms with E-state index >= 15 is 0 Å². The minimum absolute atomic E-state index is 0.387. The van der Waals surface area contributed by atoms with Gasteiger partial charge in [-0.15, -0.1) is 0 Å². The van der Waals surface area contributed by atoms with Crippen molar-refractivity contribution < 1.29 is 4.74 Å². The van der Waals surface area contributed by atoms with E-state index in [9.17, 15) is 0 Å². The van der Waals surface area contributed by atoms with E-state index in [4.69, 9.17) is 10.5 Å². The number of hydrogen-bond donors (Lipinski definition) is 1. The van der Waals surface area contributed by atoms with E-state index in [1.54, 1.807) is 0 Å². The third-order valence-electron chi connectivity index (χ3n) is 4.05. The van der Waals surface area contributed by atoms with Crippen LogP contribution in [-0.4, -0.2) is 42.8 Å². The lowest BCUT2D eigenvalue weighted by molar-refractivity contribution is -0.00344. The van der Waals surface area contributed by atoms with Gasteiger partial charge in [0.2, 0.25) is 0 Å². The molecule has 0 saturated carbocycles. The Hall–Kier alpha value is -0.120. The summed E-state index contributed by atoms with van der Waals surface area (Å²) >= 11 is 0. The van der Waals surface area contributed by atoms with Crippen molar-refractivity contribution in [3.63, 3.8) is 0 Å². The summed E-state index contributed by atoms with van der Waals surface area (Å²) in [7, 11) is 0. The van der Waals surface area contributed by atoms with Crippen molar-refractivity contribution in [2.75, 3.05) is 19.6 Å². The lowest BCUT2D eigenvalue weighted by Crippen LogP contribution is -2.48. The van der Waals surface area contributed by atoms with E-state index < -0.39 is 0 Å². The zero-order chi connectivity index (χ0) is 11.4. The van der Waals surface area contributed by atoms with Crippen LogP contribution in [0.25, 0.3) is 0 Å². The Kier molecular flexibility index (Phi) is 4.62. The molecule has 3 nitrogen and oxygen atoms in total. The van der Waals surface area contributed by atoms with Gasteiger partial charge in [0.1, 0.15) is 0 Å². The highest BCUT2D eigenvalue weighted by molar-refractivity contribution is 4.86. The second-order valence-electron chi connectivity index (χ2n) is 5.32. The van der Waals surface area contributed by atoms with E-state index in [2.05, 4.69) is 11.8 Å². The second-order valence-corrected chi connectivity index (χ2v) is 5.32. The molecule has 2 N–H and O–H groups in total. The zero-order valence-corrected chi connectivity index (χ0v) is 10.5. The first kappa shape index (κ1) is 12.3. The summed E-state index contributed by atoms with van der Waals surface area (Å²) in [5, 5.41) is 0. The van der Waals surface area contributed by atoms with Gasteiger partial charge in [0.15, 0.2) is 0 Å². The summed E-state index contributed by atoms with van der Waals surface area (Å²) in [4.78, 5) is 2.58. The number of likely N-dealkylation sites (tertiary alicyclic amines) is 1. The van der Waals surface area contributed by atoms with Crippen molar-refractivity contribution in [3.05, 3.63) is 0 Å². The predicted molar refractivity (Wildman–Crippen MR) is 66.5 cm³/mol. The Bertz CT molecular complexity index is 202. The summed E-state index contributed by atoms with van der Waals surface area (Å²) in [5.41, 5.74) is 5.96. The molecule has 0 aromatic heterocycles. The van der Waals surface area contributed by atoms with Crippen molar-refractivity contribution >= 4 is 0 Å². The highest BCUT2D eigenvalue weighted by Gasteiger charge is 2.32. The van der Waals surface area contributed by atoms with Crippen molar-refractivity contribution in [1.29, 1.82) is 0 Å². The SMILES string of the molecule is CC1CCC(C(CN)N2CCCCCC2)O1. The highest BCUT2D eigenvalue weighted by Crippen LogP contribution is 2.25. The molecule has 0 spiro atoms. The predicted octanol–water partition coefficient (Wildman–Crippen LogP) is 1.76. The summed E-state index contributed by atoms with van der Waals surface area (Å²) in [6.07, 6.45) is 8.65. The van der Waals surface area contributed by atoms with Gasteiger partial charge in [-0.05, 0) is 45.7 Å². The average Bonchev–Trinajstić information content (AvgIpc) is 2.55. The average molecular weight is 226 g/mol. The smallest absolute Gasteiger partial charge is 0.0747 e. The van der Waals surface area contributed by atoms with Crippen molar-refractivity contribution in [3.8, 4) is 0 Å². The molecule has 0 amide bonds. The Morgan fingerprint density at radius 2 is 1.88 bits per heavy atom. The minimum atomic E-state index is 0.387. The summed E-state index contributed by atoms with van der Waals surface area (Å²) < 4.78 is 5.99. The molecule has 2 aliphatic rings. The van der Waals surface area contributed by atoms with Gasteiger partial charge in [-0.3, -0.25) is 4.90 Å². The monoisotopic (exact) mass is 226 g/mol. The van der Waals surface area contributed by atoms with Crippen LogP contribution >= 0.6 is 0 Å². The molecular weight excluding hydrogens is 200 g/mol. The van der Waals surface area contributed by atoms with Crippen LogP contribution in [-0.2, 0) is 4.74 Å². The van der Waals surface area contributed by atoms with E-state index in [-0.39, 0.29) is 0 Å². The maximum absolute atomic E-state index is 5.99. The summed E-state index contributed by atoms with van der Waals surface area (Å²) in [5.74, 6) is 0. The van der Waals surface area contributed by atoms with Crippen LogP contribution in [0.15, 0.2) is 0 Å². The Balaban J connectivity index is 1.92. The molecule has 16 heavy (non-hydrogen) atoms. The fourth-order valence-corrected chi connectivity index (χ4v) is 3.08. The molecule has 2 fully saturated rings. The molecule has 0 aliphatic carbocycles. The zero-order valence-electron chi connectivity index (χ0n) is 10.5. The molecule has 0 bridgehead atoms. The summed E-state index contributed by atoms with van der Waals surface area (Å²) in [6.45, 7) is 5.36. The highest BCUT2D eigenvalue weighted by atomic mass is 16.5. The van der Waals surface area contributed by atoms with Gasteiger partial charge in [-0.2, -0.15) is 0 Å². The third-order valence-corrected chi connectivity index (χ3v) is 4.05. The summed E-state index contributed by atoms with van der Waals surface area (Å²) in [6, 6.07) is 0.461. The number of rotatable bonds is 3. The fourth-order valence-electron chi connectivity index (χ4n) is 3.08. The van der Waals surface area contributed by atoms with Gasteiger partial charge in [0, 0.05) is 12.6 Å². The van der Waals surface area contributed by atoms with Crippen LogP contribution in [0, 0.1) is 0 Å². The number of ether oxygens (including phenoxy) is 1. The normalized spacial score (nSPS) is 34.9. The van der Waals surface area contributed by atoms with Gasteiger partial charge in [0.25, 0.3) is 0 Å². The van der Waals surface area contributed by atoms with Crippen molar-refractivity contribution in [2.24, 2.45) is 5.73 Å². The van der Waals surface area contributed by atoms with Crippen LogP contribution in [0.1, 0.15) is 45.4 Å². The van der Waals surface area contributed by atoms with Crippen molar-refractivity contribution in [2.45, 2.75) is 63.7 Å². The molecule has 3 atom stereocenters. The molecule has 94 valence electrons. The van der Waals surface area contributed by atoms with Gasteiger partial charge >= 0.3 is 0 Å². The number of nitrogens with zero attached hydrogens (tertiary/aromatic N) is 1. The molecule has 0 radical (unpaired) electrons. The first-order chi connectivity index (χ1) is 7.81. The lowest BCUT2D eigenvalue weighted by atomic mass is 10.1. The first-order valence-electron chi connectivity index (χ1n) is 6.91. The minimum Gasteiger partial charge on any atom is -0.374 e. The molecule has 2 heterocycles. The van der Waals surface area contributed by atoms with E-state index in [0.29, 0.717) is 18.2 Å². The van der Waals surface area contributed by atoms with Gasteiger partial charge in [-0.1, -0.05) is 12.8 Å². The molecule has 2 aliphatic heterocycles. The Morgan fingerprint density at radius 1 is 1.19 bits per heavy atom. The van der Waals surface area contributed by atoms with Gasteiger partial charge in [-0.25, -0.2) is 0 Å². The van der Waals surface area contributed by atoms with Crippen LogP contribution in [0.5, 0.6) is 0 Å². The van der Waals surface area contributed by atoms with Gasteiger partial charge in [0.05, 0.1) is 12.2 Å². The number of hydrogen-bond acceptors (Lipinski definition) is 3. The lowest BCUT2D eigenvalue weighted by Gasteiger charge is -2.33. The van der Waals surface area contributed by atoms with Crippen LogP contribution in [0.2, 0.25) is 0 Å². The molecular formula is C13H26N2O. The Labute approximate surface area is 99.3 Å². The Morgan fingerprint density at radius 3 is 2.38 bits per heavy atom. The largest absolute Gasteiger partial charge is 0.374 e. The maximum atomic E-state index is 5.99. The third kappa shape index (κ3) is 2.96. The topological polar surface area (TPSA) is 38.5 Å². The number of nitrogens with two attached hydrogens (primary N) is 1. The van der Waals surface area contributed by atoms with E-state index in [1.807, 2.05) is 0 Å². The quantitative estimate of drug-likeness (QED) is 0.797. The molecule has 0 aromatic carbocycles. The molecule has 3 heteroatoms. The van der Waals surface area contributed by atoms with Crippen LogP contribution in [0.4, 0.5) is 0 Å². The molecule has 2 saturated heterocycles. The standard InChI is InChI=1S/C13H26N2O/c1-11-6-7-13(16-11)12(10-14)15-8-4-2-3-5-9-15/h11-13H,2-10,14H2,1H3. The van der Waals surface area contributed by atoms with Crippen LogP contribution < -0.4 is 5.73 Å². The van der Waals surface area contributed by atoms with E-state index in [0.717, 1.165) is 6.54 Å². The maximum Gasteiger partial charge on any atom is 0.0747 e. The molecule has 3 unspecified atom stereocenters. The van der Waals surface area contributed by atoms with E-state index in [1.165, 1.54) is 51.6 Å². The van der Waals surface area contributed by atoms with Gasteiger partial charge < -0.3 is 10.5 Å². The second kappa shape index (κ2) is 5.99. The molecule has 0 aromatic rings. The fraction of sp³-hybridized carbons (Fsp3) is 1.00. The van der Waals surface area contributed by atoms with Crippen molar-refractivity contribution in [1.82, 2.24) is 4.90 Å². The first-order valence-corrected chi connectivity index (χ1v) is 6.91.